The molecule has 0 spiro atoms. The summed E-state index contributed by atoms with van der Waals surface area (Å²) in [6.07, 6.45) is 5.31. The molecule has 7 N–H and O–H groups in total. The number of rotatable bonds is 11. The number of nitrogens with two attached hydrogens (primary N) is 2. The maximum Gasteiger partial charge on any atom is 0.224 e. The van der Waals surface area contributed by atoms with Gasteiger partial charge in [-0.25, -0.2) is 31.5 Å². The molecule has 2 aliphatic heterocycles. The van der Waals surface area contributed by atoms with Crippen molar-refractivity contribution in [1.82, 2.24) is 29.6 Å². The van der Waals surface area contributed by atoms with E-state index in [0.717, 1.165) is 37.9 Å². The number of hydrogen-bond donors (Lipinski definition) is 5. The van der Waals surface area contributed by atoms with Crippen LogP contribution in [0.1, 0.15) is 44.7 Å². The summed E-state index contributed by atoms with van der Waals surface area (Å²) < 4.78 is 61.8. The van der Waals surface area contributed by atoms with Crippen LogP contribution in [0, 0.1) is 11.6 Å². The molecule has 19 heteroatoms. The lowest BCUT2D eigenvalue weighted by Crippen LogP contribution is -2.31. The third-order valence-corrected chi connectivity index (χ3v) is 9.55. The number of nitrogens with zero attached hydrogens (tertiary/aromatic N) is 5. The Morgan fingerprint density at radius 3 is 1.73 bits per heavy atom. The van der Waals surface area contributed by atoms with Gasteiger partial charge in [-0.2, -0.15) is 9.97 Å². The van der Waals surface area contributed by atoms with Crippen LogP contribution in [0.25, 0.3) is 0 Å². The predicted octanol–water partition coefficient (Wildman–Crippen LogP) is 2.09. The van der Waals surface area contributed by atoms with Crippen LogP contribution in [0.4, 0.5) is 32.3 Å². The highest BCUT2D eigenvalue weighted by molar-refractivity contribution is 7.88. The minimum atomic E-state index is -3.25. The molecule has 2 saturated heterocycles. The van der Waals surface area contributed by atoms with Crippen molar-refractivity contribution in [3.8, 4) is 11.5 Å². The minimum Gasteiger partial charge on any atom is -0.496 e. The second kappa shape index (κ2) is 16.2. The standard InChI is InChI=1S/C17H20FN5O4S.C16H18FN5O2/c1-27-14-4-3-10(18)7-12(14)15(24)13-8-20-17(22-16(13)19)21-11-5-6-23(9-11)28(2,25)26;1-24-13-3-2-9(17)6-11(13)14(23)12-8-20-16(22-15(12)18)21-10-4-5-19-7-10/h3-4,7-8,11H,5-6,9H2,1-2H3,(H3,19,20,21,22);2-3,6,8,10,19H,4-5,7H2,1H3,(H3,18,20,21,22)/t11-;10-/m11/s1. The number of benzene rings is 2. The number of nitrogens with one attached hydrogen (secondary N) is 3. The number of carbonyl (C=O) groups is 2. The van der Waals surface area contributed by atoms with Crippen molar-refractivity contribution in [1.29, 1.82) is 0 Å². The molecule has 0 bridgehead atoms. The summed E-state index contributed by atoms with van der Waals surface area (Å²) >= 11 is 0. The Morgan fingerprint density at radius 2 is 1.33 bits per heavy atom. The zero-order valence-electron chi connectivity index (χ0n) is 28.5. The zero-order chi connectivity index (χ0) is 37.6. The molecule has 52 heavy (non-hydrogen) atoms. The molecule has 0 amide bonds. The van der Waals surface area contributed by atoms with Gasteiger partial charge in [-0.05, 0) is 55.8 Å². The topological polar surface area (TPSA) is 230 Å². The Labute approximate surface area is 298 Å². The quantitative estimate of drug-likeness (QED) is 0.139. The Kier molecular flexibility index (Phi) is 11.8. The van der Waals surface area contributed by atoms with E-state index in [-0.39, 0.29) is 63.4 Å². The largest absolute Gasteiger partial charge is 0.496 e. The summed E-state index contributed by atoms with van der Waals surface area (Å²) in [5.74, 6) is -1.20. The maximum absolute atomic E-state index is 13.5. The fourth-order valence-electron chi connectivity index (χ4n) is 5.57. The molecule has 2 aliphatic rings. The van der Waals surface area contributed by atoms with Gasteiger partial charge in [-0.3, -0.25) is 9.59 Å². The minimum absolute atomic E-state index is 0.0121. The van der Waals surface area contributed by atoms with Crippen LogP contribution in [0.2, 0.25) is 0 Å². The van der Waals surface area contributed by atoms with Gasteiger partial charge in [0.05, 0.1) is 42.7 Å². The van der Waals surface area contributed by atoms with E-state index in [1.807, 2.05) is 0 Å². The predicted molar refractivity (Wildman–Crippen MR) is 189 cm³/mol. The van der Waals surface area contributed by atoms with Gasteiger partial charge in [0, 0.05) is 44.1 Å². The second-order valence-electron chi connectivity index (χ2n) is 11.9. The van der Waals surface area contributed by atoms with Crippen LogP contribution >= 0.6 is 0 Å². The lowest BCUT2D eigenvalue weighted by atomic mass is 10.0. The van der Waals surface area contributed by atoms with E-state index in [1.54, 1.807) is 0 Å². The lowest BCUT2D eigenvalue weighted by molar-refractivity contribution is 0.102. The molecule has 0 unspecified atom stereocenters. The number of aromatic nitrogens is 4. The lowest BCUT2D eigenvalue weighted by Gasteiger charge is -2.15. The molecule has 4 aromatic rings. The number of nitrogen functional groups attached to an aromatic ring is 2. The van der Waals surface area contributed by atoms with Gasteiger partial charge in [-0.1, -0.05) is 0 Å². The summed E-state index contributed by atoms with van der Waals surface area (Å²) in [5, 5.41) is 9.40. The molecule has 16 nitrogen and oxygen atoms in total. The SMILES string of the molecule is COc1ccc(F)cc1C(=O)c1cnc(N[C@@H]2CCN(S(C)(=O)=O)C2)nc1N.COc1ccc(F)cc1C(=O)c1cnc(N[C@@H]2CCNC2)nc1N. The molecule has 2 aromatic carbocycles. The van der Waals surface area contributed by atoms with E-state index in [1.165, 1.54) is 55.2 Å². The van der Waals surface area contributed by atoms with E-state index < -0.39 is 33.2 Å². The summed E-state index contributed by atoms with van der Waals surface area (Å²) in [6, 6.07) is 7.38. The van der Waals surface area contributed by atoms with Crippen molar-refractivity contribution < 1.29 is 36.3 Å². The monoisotopic (exact) mass is 740 g/mol. The first-order valence-corrected chi connectivity index (χ1v) is 17.8. The molecule has 0 radical (unpaired) electrons. The summed E-state index contributed by atoms with van der Waals surface area (Å²) in [5.41, 5.74) is 12.0. The number of anilines is 4. The van der Waals surface area contributed by atoms with Crippen LogP contribution in [0.3, 0.4) is 0 Å². The summed E-state index contributed by atoms with van der Waals surface area (Å²) in [7, 11) is -0.471. The molecule has 0 saturated carbocycles. The van der Waals surface area contributed by atoms with Gasteiger partial charge in [0.25, 0.3) is 0 Å². The number of hydrogen-bond acceptors (Lipinski definition) is 15. The van der Waals surface area contributed by atoms with E-state index in [0.29, 0.717) is 25.5 Å². The van der Waals surface area contributed by atoms with Crippen molar-refractivity contribution in [2.24, 2.45) is 0 Å². The van der Waals surface area contributed by atoms with Crippen molar-refractivity contribution in [2.45, 2.75) is 24.9 Å². The number of methoxy groups -OCH3 is 2. The molecule has 0 aliphatic carbocycles. The van der Waals surface area contributed by atoms with Crippen LogP contribution < -0.4 is 36.9 Å². The number of ketones is 2. The van der Waals surface area contributed by atoms with Gasteiger partial charge in [0.1, 0.15) is 34.8 Å². The molecule has 2 atom stereocenters. The van der Waals surface area contributed by atoms with Gasteiger partial charge in [-0.15, -0.1) is 0 Å². The van der Waals surface area contributed by atoms with E-state index in [9.17, 15) is 26.8 Å². The third-order valence-electron chi connectivity index (χ3n) is 8.28. The molecule has 2 fully saturated rings. The van der Waals surface area contributed by atoms with Crippen LogP contribution in [-0.4, -0.2) is 103 Å². The molecular weight excluding hydrogens is 702 g/mol. The summed E-state index contributed by atoms with van der Waals surface area (Å²) in [6.45, 7) is 2.46. The second-order valence-corrected chi connectivity index (χ2v) is 13.9. The fourth-order valence-corrected chi connectivity index (χ4v) is 6.46. The average Bonchev–Trinajstić information content (AvgIpc) is 3.81. The van der Waals surface area contributed by atoms with Crippen LogP contribution in [0.15, 0.2) is 48.8 Å². The van der Waals surface area contributed by atoms with Crippen molar-refractivity contribution >= 4 is 45.1 Å². The third kappa shape index (κ3) is 9.03. The number of sulfonamides is 1. The first-order valence-electron chi connectivity index (χ1n) is 16.0. The highest BCUT2D eigenvalue weighted by Crippen LogP contribution is 2.26. The number of carbonyl (C=O) groups excluding carboxylic acids is 2. The molecule has 4 heterocycles. The normalized spacial score (nSPS) is 17.2. The van der Waals surface area contributed by atoms with Crippen molar-refractivity contribution in [2.75, 3.05) is 68.8 Å². The maximum atomic E-state index is 13.5. The van der Waals surface area contributed by atoms with Crippen molar-refractivity contribution in [3.63, 3.8) is 0 Å². The summed E-state index contributed by atoms with van der Waals surface area (Å²) in [4.78, 5) is 41.8. The highest BCUT2D eigenvalue weighted by atomic mass is 32.2. The number of halogens is 2. The van der Waals surface area contributed by atoms with Crippen LogP contribution in [-0.2, 0) is 10.0 Å². The Morgan fingerprint density at radius 1 is 0.827 bits per heavy atom. The Bertz CT molecular complexity index is 2070. The van der Waals surface area contributed by atoms with Gasteiger partial charge < -0.3 is 36.9 Å². The van der Waals surface area contributed by atoms with Crippen molar-refractivity contribution in [3.05, 3.63) is 82.7 Å². The van der Waals surface area contributed by atoms with Gasteiger partial charge in [0.2, 0.25) is 33.5 Å². The average molecular weight is 741 g/mol. The molecule has 6 rings (SSSR count). The molecular formula is C33H38F2N10O6S. The van der Waals surface area contributed by atoms with E-state index >= 15 is 0 Å². The Balaban J connectivity index is 0.000000203. The first-order chi connectivity index (χ1) is 24.8. The molecule has 2 aromatic heterocycles. The van der Waals surface area contributed by atoms with Crippen LogP contribution in [0.5, 0.6) is 11.5 Å². The molecule has 276 valence electrons. The fraction of sp³-hybridized carbons (Fsp3) is 0.333. The van der Waals surface area contributed by atoms with E-state index in [2.05, 4.69) is 35.9 Å². The van der Waals surface area contributed by atoms with Gasteiger partial charge in [0.15, 0.2) is 0 Å². The first kappa shape index (κ1) is 37.7. The zero-order valence-corrected chi connectivity index (χ0v) is 29.3. The Hall–Kier alpha value is -5.53. The number of ether oxygens (including phenoxy) is 2. The van der Waals surface area contributed by atoms with E-state index in [4.69, 9.17) is 20.9 Å². The smallest absolute Gasteiger partial charge is 0.224 e. The van der Waals surface area contributed by atoms with Gasteiger partial charge >= 0.3 is 0 Å². The highest BCUT2D eigenvalue weighted by Gasteiger charge is 2.29.